The number of carbonyl (C=O) groups is 2. The molecule has 25 heavy (non-hydrogen) atoms. The second kappa shape index (κ2) is 6.94. The summed E-state index contributed by atoms with van der Waals surface area (Å²) in [5, 5.41) is 10.4. The van der Waals surface area contributed by atoms with Crippen LogP contribution >= 0.6 is 0 Å². The molecule has 1 aliphatic heterocycles. The minimum atomic E-state index is -0.680. The number of amides is 1. The lowest BCUT2D eigenvalue weighted by atomic mass is 9.94. The summed E-state index contributed by atoms with van der Waals surface area (Å²) >= 11 is 0. The molecular formula is C19H19NO5. The number of hydrogen-bond acceptors (Lipinski definition) is 5. The van der Waals surface area contributed by atoms with Gasteiger partial charge in [0.2, 0.25) is 5.78 Å². The normalized spacial score (nSPS) is 17.4. The SMILES string of the molecule is COCCN1C(=O)C(O)=C(C(=O)c2ccco2)C1c1cccc(C)c1. The van der Waals surface area contributed by atoms with Gasteiger partial charge in [-0.05, 0) is 24.6 Å². The number of Topliss-reactive ketones (excluding diaryl/α,β-unsaturated/α-hetero) is 1. The van der Waals surface area contributed by atoms with E-state index in [1.54, 1.807) is 6.07 Å². The predicted octanol–water partition coefficient (Wildman–Crippen LogP) is 2.81. The van der Waals surface area contributed by atoms with Crippen LogP contribution in [-0.2, 0) is 9.53 Å². The summed E-state index contributed by atoms with van der Waals surface area (Å²) < 4.78 is 10.2. The number of methoxy groups -OCH3 is 1. The first kappa shape index (κ1) is 17.0. The second-order valence-corrected chi connectivity index (χ2v) is 5.88. The molecular weight excluding hydrogens is 322 g/mol. The molecule has 0 bridgehead atoms. The summed E-state index contributed by atoms with van der Waals surface area (Å²) in [5.41, 5.74) is 1.78. The highest BCUT2D eigenvalue weighted by atomic mass is 16.5. The van der Waals surface area contributed by atoms with Gasteiger partial charge in [0.15, 0.2) is 11.5 Å². The molecule has 3 rings (SSSR count). The van der Waals surface area contributed by atoms with Gasteiger partial charge in [0.25, 0.3) is 5.91 Å². The Hall–Kier alpha value is -2.86. The number of nitrogens with zero attached hydrogens (tertiary/aromatic N) is 1. The van der Waals surface area contributed by atoms with Crippen LogP contribution in [0, 0.1) is 6.92 Å². The number of carbonyl (C=O) groups excluding carboxylic acids is 2. The maximum absolute atomic E-state index is 12.8. The molecule has 6 heteroatoms. The highest BCUT2D eigenvalue weighted by Gasteiger charge is 2.44. The van der Waals surface area contributed by atoms with Crippen molar-refractivity contribution < 1.29 is 23.8 Å². The number of aryl methyl sites for hydroxylation is 1. The maximum Gasteiger partial charge on any atom is 0.290 e. The number of aliphatic hydroxyl groups excluding tert-OH is 1. The molecule has 1 atom stereocenters. The van der Waals surface area contributed by atoms with E-state index in [4.69, 9.17) is 9.15 Å². The van der Waals surface area contributed by atoms with Gasteiger partial charge in [-0.25, -0.2) is 0 Å². The van der Waals surface area contributed by atoms with Crippen molar-refractivity contribution in [2.75, 3.05) is 20.3 Å². The molecule has 0 spiro atoms. The van der Waals surface area contributed by atoms with Crippen molar-refractivity contribution in [1.82, 2.24) is 4.90 Å². The fraction of sp³-hybridized carbons (Fsp3) is 0.263. The molecule has 1 aromatic carbocycles. The van der Waals surface area contributed by atoms with E-state index in [0.29, 0.717) is 6.61 Å². The van der Waals surface area contributed by atoms with Crippen molar-refractivity contribution in [3.05, 3.63) is 70.9 Å². The molecule has 1 aromatic heterocycles. The van der Waals surface area contributed by atoms with Crippen LogP contribution in [0.5, 0.6) is 0 Å². The van der Waals surface area contributed by atoms with Crippen LogP contribution in [0.1, 0.15) is 27.7 Å². The molecule has 2 heterocycles. The molecule has 1 unspecified atom stereocenters. The summed E-state index contributed by atoms with van der Waals surface area (Å²) in [6, 6.07) is 9.93. The number of ether oxygens (including phenoxy) is 1. The minimum Gasteiger partial charge on any atom is -0.503 e. The van der Waals surface area contributed by atoms with Crippen LogP contribution in [-0.4, -0.2) is 42.0 Å². The number of ketones is 1. The monoisotopic (exact) mass is 341 g/mol. The zero-order chi connectivity index (χ0) is 18.0. The van der Waals surface area contributed by atoms with Crippen molar-refractivity contribution in [3.8, 4) is 0 Å². The Morgan fingerprint density at radius 1 is 1.32 bits per heavy atom. The Kier molecular flexibility index (Phi) is 4.72. The smallest absolute Gasteiger partial charge is 0.290 e. The van der Waals surface area contributed by atoms with Gasteiger partial charge in [-0.1, -0.05) is 29.8 Å². The standard InChI is InChI=1S/C19H19NO5/c1-12-5-3-6-13(11-12)16-15(17(21)14-7-4-9-25-14)18(22)19(23)20(16)8-10-24-2/h3-7,9,11,16,22H,8,10H2,1-2H3. The van der Waals surface area contributed by atoms with Gasteiger partial charge in [0.05, 0.1) is 24.5 Å². The van der Waals surface area contributed by atoms with Crippen molar-refractivity contribution >= 4 is 11.7 Å². The lowest BCUT2D eigenvalue weighted by Gasteiger charge is -2.26. The lowest BCUT2D eigenvalue weighted by Crippen LogP contribution is -2.34. The molecule has 0 saturated carbocycles. The average molecular weight is 341 g/mol. The number of furan rings is 1. The van der Waals surface area contributed by atoms with Crippen LogP contribution in [0.15, 0.2) is 58.4 Å². The molecule has 0 aliphatic carbocycles. The summed E-state index contributed by atoms with van der Waals surface area (Å²) in [4.78, 5) is 26.8. The third-order valence-corrected chi connectivity index (χ3v) is 4.19. The highest BCUT2D eigenvalue weighted by molar-refractivity contribution is 6.15. The Balaban J connectivity index is 2.08. The molecule has 0 saturated heterocycles. The van der Waals surface area contributed by atoms with Crippen LogP contribution in [0.3, 0.4) is 0 Å². The van der Waals surface area contributed by atoms with E-state index in [1.165, 1.54) is 24.3 Å². The van der Waals surface area contributed by atoms with Gasteiger partial charge >= 0.3 is 0 Å². The van der Waals surface area contributed by atoms with Crippen molar-refractivity contribution in [2.45, 2.75) is 13.0 Å². The zero-order valence-corrected chi connectivity index (χ0v) is 14.1. The summed E-state index contributed by atoms with van der Waals surface area (Å²) in [6.07, 6.45) is 1.38. The van der Waals surface area contributed by atoms with E-state index in [0.717, 1.165) is 11.1 Å². The first-order valence-electron chi connectivity index (χ1n) is 7.92. The van der Waals surface area contributed by atoms with Gasteiger partial charge in [0, 0.05) is 13.7 Å². The Bertz CT molecular complexity index is 822. The van der Waals surface area contributed by atoms with E-state index in [-0.39, 0.29) is 17.9 Å². The van der Waals surface area contributed by atoms with E-state index >= 15 is 0 Å². The average Bonchev–Trinajstić information content (AvgIpc) is 3.21. The fourth-order valence-corrected chi connectivity index (χ4v) is 3.03. The van der Waals surface area contributed by atoms with Crippen LogP contribution < -0.4 is 0 Å². The first-order chi connectivity index (χ1) is 12.0. The third-order valence-electron chi connectivity index (χ3n) is 4.19. The van der Waals surface area contributed by atoms with Crippen molar-refractivity contribution in [3.63, 3.8) is 0 Å². The van der Waals surface area contributed by atoms with E-state index in [2.05, 4.69) is 0 Å². The fourth-order valence-electron chi connectivity index (χ4n) is 3.03. The minimum absolute atomic E-state index is 0.0293. The van der Waals surface area contributed by atoms with E-state index < -0.39 is 23.5 Å². The molecule has 1 amide bonds. The van der Waals surface area contributed by atoms with E-state index in [9.17, 15) is 14.7 Å². The molecule has 2 aromatic rings. The summed E-state index contributed by atoms with van der Waals surface area (Å²) in [5.74, 6) is -1.54. The van der Waals surface area contributed by atoms with Crippen molar-refractivity contribution in [2.24, 2.45) is 0 Å². The summed E-state index contributed by atoms with van der Waals surface area (Å²) in [6.45, 7) is 2.48. The third kappa shape index (κ3) is 3.08. The Morgan fingerprint density at radius 2 is 2.12 bits per heavy atom. The zero-order valence-electron chi connectivity index (χ0n) is 14.1. The van der Waals surface area contributed by atoms with Gasteiger partial charge in [-0.15, -0.1) is 0 Å². The molecule has 130 valence electrons. The Labute approximate surface area is 145 Å². The van der Waals surface area contributed by atoms with Crippen LogP contribution in [0.4, 0.5) is 0 Å². The van der Waals surface area contributed by atoms with Crippen molar-refractivity contribution in [1.29, 1.82) is 0 Å². The second-order valence-electron chi connectivity index (χ2n) is 5.88. The Morgan fingerprint density at radius 3 is 2.76 bits per heavy atom. The van der Waals surface area contributed by atoms with Crippen LogP contribution in [0.2, 0.25) is 0 Å². The number of aliphatic hydroxyl groups is 1. The topological polar surface area (TPSA) is 80.0 Å². The molecule has 1 aliphatic rings. The predicted molar refractivity (Wildman–Crippen MR) is 90.2 cm³/mol. The largest absolute Gasteiger partial charge is 0.503 e. The molecule has 0 radical (unpaired) electrons. The maximum atomic E-state index is 12.8. The van der Waals surface area contributed by atoms with E-state index in [1.807, 2.05) is 31.2 Å². The molecule has 6 nitrogen and oxygen atoms in total. The van der Waals surface area contributed by atoms with Crippen LogP contribution in [0.25, 0.3) is 0 Å². The number of rotatable bonds is 6. The van der Waals surface area contributed by atoms with Gasteiger partial charge in [-0.2, -0.15) is 0 Å². The van der Waals surface area contributed by atoms with Gasteiger partial charge in [0.1, 0.15) is 0 Å². The molecule has 1 N–H and O–H groups in total. The summed E-state index contributed by atoms with van der Waals surface area (Å²) in [7, 11) is 1.53. The number of benzene rings is 1. The van der Waals surface area contributed by atoms with Gasteiger partial charge < -0.3 is 19.2 Å². The number of hydrogen-bond donors (Lipinski definition) is 1. The lowest BCUT2D eigenvalue weighted by molar-refractivity contribution is -0.130. The molecule has 0 fully saturated rings. The highest BCUT2D eigenvalue weighted by Crippen LogP contribution is 2.39. The van der Waals surface area contributed by atoms with Gasteiger partial charge in [-0.3, -0.25) is 9.59 Å². The quantitative estimate of drug-likeness (QED) is 0.817. The first-order valence-corrected chi connectivity index (χ1v) is 7.92.